The minimum atomic E-state index is -0.553. The van der Waals surface area contributed by atoms with Crippen LogP contribution in [0.4, 0.5) is 0 Å². The molecule has 0 bridgehead atoms. The molecule has 2 heterocycles. The molecule has 2 N–H and O–H groups in total. The number of unbranched alkanes of at least 4 members (excludes halogenated alkanes) is 4. The summed E-state index contributed by atoms with van der Waals surface area (Å²) in [5.74, 6) is 1.95. The second-order valence-corrected chi connectivity index (χ2v) is 14.7. The molecule has 4 atom stereocenters. The van der Waals surface area contributed by atoms with E-state index in [1.54, 1.807) is 0 Å². The predicted octanol–water partition coefficient (Wildman–Crippen LogP) is 9.36. The third-order valence-corrected chi connectivity index (χ3v) is 10.7. The van der Waals surface area contributed by atoms with Crippen LogP contribution in [0, 0.1) is 11.8 Å². The Hall–Kier alpha value is -2.12. The summed E-state index contributed by atoms with van der Waals surface area (Å²) in [6.45, 7) is 12.1. The van der Waals surface area contributed by atoms with E-state index in [0.29, 0.717) is 0 Å². The van der Waals surface area contributed by atoms with Crippen molar-refractivity contribution >= 4 is 0 Å². The molecule has 2 aliphatic rings. The fraction of sp³-hybridized carbons (Fsp3) is 0.714. The van der Waals surface area contributed by atoms with Crippen LogP contribution in [0.2, 0.25) is 0 Å². The molecule has 48 heavy (non-hydrogen) atoms. The average molecular weight is 665 g/mol. The van der Waals surface area contributed by atoms with Gasteiger partial charge in [0.25, 0.3) is 0 Å². The third kappa shape index (κ3) is 13.7. The molecule has 0 aliphatic carbocycles. The summed E-state index contributed by atoms with van der Waals surface area (Å²) in [6.07, 6.45) is 17.7. The van der Waals surface area contributed by atoms with E-state index in [9.17, 15) is 10.2 Å². The Balaban J connectivity index is 1.47. The normalized spacial score (nSPS) is 19.2. The fourth-order valence-corrected chi connectivity index (χ4v) is 7.58. The van der Waals surface area contributed by atoms with Crippen LogP contribution < -0.4 is 9.47 Å². The number of ether oxygens (including phenoxy) is 2. The lowest BCUT2D eigenvalue weighted by Gasteiger charge is -2.34. The first-order chi connectivity index (χ1) is 23.6. The molecule has 6 nitrogen and oxygen atoms in total. The van der Waals surface area contributed by atoms with E-state index >= 15 is 0 Å². The summed E-state index contributed by atoms with van der Waals surface area (Å²) in [5.41, 5.74) is 1.93. The number of hydrogen-bond acceptors (Lipinski definition) is 6. The molecule has 0 amide bonds. The van der Waals surface area contributed by atoms with Crippen molar-refractivity contribution in [2.75, 3.05) is 52.5 Å². The largest absolute Gasteiger partial charge is 0.494 e. The van der Waals surface area contributed by atoms with Crippen LogP contribution in [0.5, 0.6) is 11.5 Å². The van der Waals surface area contributed by atoms with Gasteiger partial charge in [-0.15, -0.1) is 0 Å². The summed E-state index contributed by atoms with van der Waals surface area (Å²) >= 11 is 0. The van der Waals surface area contributed by atoms with E-state index in [0.717, 1.165) is 101 Å². The number of nitrogens with zero attached hydrogens (tertiary/aromatic N) is 2. The van der Waals surface area contributed by atoms with Gasteiger partial charge in [-0.25, -0.2) is 0 Å². The maximum Gasteiger partial charge on any atom is 0.119 e. The maximum atomic E-state index is 11.9. The maximum absolute atomic E-state index is 11.9. The van der Waals surface area contributed by atoms with Gasteiger partial charge >= 0.3 is 0 Å². The zero-order valence-electron chi connectivity index (χ0n) is 30.5. The average Bonchev–Trinajstić information content (AvgIpc) is 3.55. The second-order valence-electron chi connectivity index (χ2n) is 14.7. The molecule has 0 saturated carbocycles. The van der Waals surface area contributed by atoms with Crippen molar-refractivity contribution in [1.82, 2.24) is 9.80 Å². The summed E-state index contributed by atoms with van der Waals surface area (Å²) in [5, 5.41) is 23.9. The molecule has 0 aromatic heterocycles. The minimum absolute atomic E-state index is 0.0946. The van der Waals surface area contributed by atoms with Crippen LogP contribution in [-0.4, -0.2) is 72.5 Å². The lowest BCUT2D eigenvalue weighted by atomic mass is 9.84. The highest BCUT2D eigenvalue weighted by atomic mass is 16.5. The molecule has 2 aliphatic heterocycles. The Kier molecular flexibility index (Phi) is 18.2. The topological polar surface area (TPSA) is 65.4 Å². The van der Waals surface area contributed by atoms with Gasteiger partial charge < -0.3 is 29.5 Å². The lowest BCUT2D eigenvalue weighted by Crippen LogP contribution is -2.36. The summed E-state index contributed by atoms with van der Waals surface area (Å²) in [6, 6.07) is 16.3. The summed E-state index contributed by atoms with van der Waals surface area (Å²) < 4.78 is 11.9. The van der Waals surface area contributed by atoms with Crippen molar-refractivity contribution in [1.29, 1.82) is 0 Å². The Morgan fingerprint density at radius 3 is 1.21 bits per heavy atom. The van der Waals surface area contributed by atoms with E-state index in [-0.39, 0.29) is 11.8 Å². The highest BCUT2D eigenvalue weighted by molar-refractivity contribution is 5.30. The van der Waals surface area contributed by atoms with Crippen LogP contribution in [0.15, 0.2) is 48.5 Å². The van der Waals surface area contributed by atoms with Crippen LogP contribution in [-0.2, 0) is 0 Å². The smallest absolute Gasteiger partial charge is 0.119 e. The molecular weight excluding hydrogens is 596 g/mol. The van der Waals surface area contributed by atoms with Crippen molar-refractivity contribution in [3.63, 3.8) is 0 Å². The second kappa shape index (κ2) is 22.6. The molecule has 4 rings (SSSR count). The van der Waals surface area contributed by atoms with Crippen LogP contribution in [0.25, 0.3) is 0 Å². The van der Waals surface area contributed by atoms with Gasteiger partial charge in [-0.3, -0.25) is 0 Å². The number of hydrogen-bond donors (Lipinski definition) is 2. The fourth-order valence-electron chi connectivity index (χ4n) is 7.58. The Bertz CT molecular complexity index is 990. The highest BCUT2D eigenvalue weighted by Crippen LogP contribution is 2.34. The van der Waals surface area contributed by atoms with Gasteiger partial charge in [-0.05, 0) is 113 Å². The number of benzene rings is 2. The van der Waals surface area contributed by atoms with Crippen molar-refractivity contribution in [2.24, 2.45) is 11.8 Å². The number of likely N-dealkylation sites (tertiary alicyclic amines) is 2. The van der Waals surface area contributed by atoms with Crippen molar-refractivity contribution in [3.05, 3.63) is 59.7 Å². The molecule has 0 radical (unpaired) electrons. The molecule has 2 aromatic carbocycles. The SMILES string of the molecule is CCCCCOc1ccc([C@H](O)[C@H](CC[C@@H](CN2CCCCCC2)[C@@H](O)c2ccc(OCCCCC)cc2)CN2CCCCCC2)cc1. The van der Waals surface area contributed by atoms with Gasteiger partial charge in [0, 0.05) is 24.9 Å². The van der Waals surface area contributed by atoms with Crippen molar-refractivity contribution < 1.29 is 19.7 Å². The monoisotopic (exact) mass is 665 g/mol. The first-order valence-corrected chi connectivity index (χ1v) is 19.8. The van der Waals surface area contributed by atoms with Gasteiger partial charge in [0.15, 0.2) is 0 Å². The van der Waals surface area contributed by atoms with Gasteiger partial charge in [-0.1, -0.05) is 89.5 Å². The number of rotatable bonds is 21. The highest BCUT2D eigenvalue weighted by Gasteiger charge is 2.29. The molecule has 2 saturated heterocycles. The van der Waals surface area contributed by atoms with E-state index < -0.39 is 12.2 Å². The molecular formula is C42H68N2O4. The summed E-state index contributed by atoms with van der Waals surface area (Å²) in [4.78, 5) is 5.18. The number of aliphatic hydroxyl groups excluding tert-OH is 2. The quantitative estimate of drug-likeness (QED) is 0.130. The standard InChI is InChI=1S/C42H68N2O4/c1-3-5-15-31-47-39-23-19-35(20-24-39)41(45)37(33-43-27-11-7-8-12-28-43)17-18-38(34-44-29-13-9-10-14-30-44)42(46)36-21-25-40(26-22-36)48-32-16-6-4-2/h19-26,37-38,41-42,45-46H,3-18,27-34H2,1-2H3/t37-,38+,41-,42-/m0/s1. The van der Waals surface area contributed by atoms with E-state index in [1.807, 2.05) is 24.3 Å². The zero-order chi connectivity index (χ0) is 33.8. The van der Waals surface area contributed by atoms with Crippen molar-refractivity contribution in [3.8, 4) is 11.5 Å². The summed E-state index contributed by atoms with van der Waals surface area (Å²) in [7, 11) is 0. The van der Waals surface area contributed by atoms with Crippen LogP contribution in [0.1, 0.15) is 140 Å². The molecule has 0 unspecified atom stereocenters. The Morgan fingerprint density at radius 2 is 0.875 bits per heavy atom. The molecule has 6 heteroatoms. The number of aliphatic hydroxyl groups is 2. The Labute approximate surface area is 293 Å². The lowest BCUT2D eigenvalue weighted by molar-refractivity contribution is 0.0449. The predicted molar refractivity (Wildman–Crippen MR) is 199 cm³/mol. The minimum Gasteiger partial charge on any atom is -0.494 e. The Morgan fingerprint density at radius 1 is 0.521 bits per heavy atom. The molecule has 270 valence electrons. The van der Waals surface area contributed by atoms with E-state index in [2.05, 4.69) is 47.9 Å². The first kappa shape index (κ1) is 38.7. The third-order valence-electron chi connectivity index (χ3n) is 10.7. The van der Waals surface area contributed by atoms with Gasteiger partial charge in [-0.2, -0.15) is 0 Å². The van der Waals surface area contributed by atoms with Gasteiger partial charge in [0.1, 0.15) is 11.5 Å². The first-order valence-electron chi connectivity index (χ1n) is 19.8. The molecule has 2 aromatic rings. The van der Waals surface area contributed by atoms with Gasteiger partial charge in [0.05, 0.1) is 25.4 Å². The van der Waals surface area contributed by atoms with Crippen LogP contribution in [0.3, 0.4) is 0 Å². The van der Waals surface area contributed by atoms with Crippen LogP contribution >= 0.6 is 0 Å². The molecule has 2 fully saturated rings. The zero-order valence-corrected chi connectivity index (χ0v) is 30.5. The van der Waals surface area contributed by atoms with Gasteiger partial charge in [0.2, 0.25) is 0 Å². The molecule has 0 spiro atoms. The van der Waals surface area contributed by atoms with E-state index in [4.69, 9.17) is 9.47 Å². The van der Waals surface area contributed by atoms with Crippen molar-refractivity contribution in [2.45, 2.75) is 129 Å². The van der Waals surface area contributed by atoms with E-state index in [1.165, 1.54) is 77.0 Å².